The van der Waals surface area contributed by atoms with E-state index in [0.717, 1.165) is 28.1 Å². The van der Waals surface area contributed by atoms with Crippen molar-refractivity contribution in [2.45, 2.75) is 23.5 Å². The molecule has 0 atom stereocenters. The smallest absolute Gasteiger partial charge is 0.198 e. The number of sulfone groups is 1. The molecule has 8 heteroatoms. The SMILES string of the molecule is COc1ccnc(CCc2nc3ncc(-c4ccc(S(=O)(=O)Cc5ccccc5)cc4)cc3o2)c1. The van der Waals surface area contributed by atoms with Crippen molar-refractivity contribution in [2.24, 2.45) is 0 Å². The summed E-state index contributed by atoms with van der Waals surface area (Å²) in [5.74, 6) is 1.31. The van der Waals surface area contributed by atoms with Gasteiger partial charge in [0.15, 0.2) is 27.0 Å². The molecule has 3 heterocycles. The van der Waals surface area contributed by atoms with Crippen LogP contribution in [0.3, 0.4) is 0 Å². The van der Waals surface area contributed by atoms with E-state index in [-0.39, 0.29) is 10.6 Å². The van der Waals surface area contributed by atoms with Gasteiger partial charge in [-0.25, -0.2) is 13.4 Å². The van der Waals surface area contributed by atoms with Gasteiger partial charge in [-0.05, 0) is 41.8 Å². The van der Waals surface area contributed by atoms with Crippen molar-refractivity contribution < 1.29 is 17.6 Å². The van der Waals surface area contributed by atoms with Crippen LogP contribution in [0.1, 0.15) is 17.1 Å². The molecular formula is C27H23N3O4S. The summed E-state index contributed by atoms with van der Waals surface area (Å²) in [4.78, 5) is 13.5. The number of nitrogens with zero attached hydrogens (tertiary/aromatic N) is 3. The maximum atomic E-state index is 12.8. The van der Waals surface area contributed by atoms with Crippen LogP contribution in [-0.4, -0.2) is 30.5 Å². The number of hydrogen-bond donors (Lipinski definition) is 0. The van der Waals surface area contributed by atoms with Crippen LogP contribution < -0.4 is 4.74 Å². The van der Waals surface area contributed by atoms with E-state index in [2.05, 4.69) is 15.0 Å². The fourth-order valence-electron chi connectivity index (χ4n) is 3.82. The Bertz CT molecular complexity index is 1560. The Morgan fingerprint density at radius 1 is 0.886 bits per heavy atom. The minimum Gasteiger partial charge on any atom is -0.497 e. The lowest BCUT2D eigenvalue weighted by atomic mass is 10.1. The summed E-state index contributed by atoms with van der Waals surface area (Å²) < 4.78 is 36.7. The number of hydrogen-bond acceptors (Lipinski definition) is 7. The molecule has 5 aromatic rings. The Balaban J connectivity index is 1.31. The van der Waals surface area contributed by atoms with Gasteiger partial charge in [0.2, 0.25) is 0 Å². The van der Waals surface area contributed by atoms with Gasteiger partial charge >= 0.3 is 0 Å². The fraction of sp³-hybridized carbons (Fsp3) is 0.148. The van der Waals surface area contributed by atoms with Crippen molar-refractivity contribution in [3.05, 3.63) is 102 Å². The Hall–Kier alpha value is -4.04. The number of methoxy groups -OCH3 is 1. The second-order valence-corrected chi connectivity index (χ2v) is 10.1. The topological polar surface area (TPSA) is 95.2 Å². The molecule has 7 nitrogen and oxygen atoms in total. The van der Waals surface area contributed by atoms with Crippen LogP contribution in [0, 0.1) is 0 Å². The lowest BCUT2D eigenvalue weighted by Gasteiger charge is -2.06. The predicted molar refractivity (Wildman–Crippen MR) is 133 cm³/mol. The van der Waals surface area contributed by atoms with E-state index in [9.17, 15) is 8.42 Å². The summed E-state index contributed by atoms with van der Waals surface area (Å²) in [6.45, 7) is 0. The number of aryl methyl sites for hydroxylation is 2. The third kappa shape index (κ3) is 5.22. The molecule has 0 aliphatic carbocycles. The highest BCUT2D eigenvalue weighted by Crippen LogP contribution is 2.26. The highest BCUT2D eigenvalue weighted by atomic mass is 32.2. The van der Waals surface area contributed by atoms with Crippen LogP contribution >= 0.6 is 0 Å². The zero-order chi connectivity index (χ0) is 24.3. The molecule has 176 valence electrons. The van der Waals surface area contributed by atoms with E-state index >= 15 is 0 Å². The summed E-state index contributed by atoms with van der Waals surface area (Å²) in [6.07, 6.45) is 4.67. The highest BCUT2D eigenvalue weighted by Gasteiger charge is 2.16. The number of rotatable bonds is 8. The second kappa shape index (κ2) is 9.68. The van der Waals surface area contributed by atoms with Gasteiger partial charge in [0, 0.05) is 36.1 Å². The van der Waals surface area contributed by atoms with Gasteiger partial charge in [0.25, 0.3) is 0 Å². The van der Waals surface area contributed by atoms with Gasteiger partial charge < -0.3 is 9.15 Å². The van der Waals surface area contributed by atoms with Crippen molar-refractivity contribution in [1.29, 1.82) is 0 Å². The first-order valence-corrected chi connectivity index (χ1v) is 12.8. The molecule has 0 N–H and O–H groups in total. The average molecular weight is 486 g/mol. The molecule has 0 saturated carbocycles. The minimum absolute atomic E-state index is 0.0349. The lowest BCUT2D eigenvalue weighted by molar-refractivity contribution is 0.413. The Labute approximate surface area is 203 Å². The lowest BCUT2D eigenvalue weighted by Crippen LogP contribution is -2.04. The van der Waals surface area contributed by atoms with Crippen molar-refractivity contribution in [2.75, 3.05) is 7.11 Å². The van der Waals surface area contributed by atoms with Crippen LogP contribution in [0.5, 0.6) is 5.75 Å². The fourth-order valence-corrected chi connectivity index (χ4v) is 5.16. The predicted octanol–water partition coefficient (Wildman–Crippen LogP) is 5.05. The molecule has 0 aliphatic rings. The number of aromatic nitrogens is 3. The standard InChI is InChI=1S/C27H23N3O4S/c1-33-23-13-14-28-22(16-23)9-12-26-30-27-25(34-26)15-21(17-29-27)20-7-10-24(11-8-20)35(31,32)18-19-5-3-2-4-6-19/h2-8,10-11,13-17H,9,12,18H2,1H3. The summed E-state index contributed by atoms with van der Waals surface area (Å²) in [5, 5.41) is 0. The number of pyridine rings is 2. The largest absolute Gasteiger partial charge is 0.497 e. The quantitative estimate of drug-likeness (QED) is 0.303. The summed E-state index contributed by atoms with van der Waals surface area (Å²) >= 11 is 0. The van der Waals surface area contributed by atoms with E-state index in [4.69, 9.17) is 9.15 Å². The third-order valence-electron chi connectivity index (χ3n) is 5.66. The first kappa shape index (κ1) is 22.7. The van der Waals surface area contributed by atoms with Crippen molar-refractivity contribution in [3.63, 3.8) is 0 Å². The third-order valence-corrected chi connectivity index (χ3v) is 7.36. The first-order chi connectivity index (χ1) is 17.0. The molecule has 0 spiro atoms. The number of oxazole rings is 1. The van der Waals surface area contributed by atoms with Crippen LogP contribution in [0.25, 0.3) is 22.4 Å². The zero-order valence-corrected chi connectivity index (χ0v) is 19.9. The van der Waals surface area contributed by atoms with Gasteiger partial charge in [-0.1, -0.05) is 42.5 Å². The number of fused-ring (bicyclic) bond motifs is 1. The molecule has 0 radical (unpaired) electrons. The van der Waals surface area contributed by atoms with Gasteiger partial charge in [0.1, 0.15) is 5.75 Å². The molecule has 0 amide bonds. The van der Waals surface area contributed by atoms with Gasteiger partial charge in [-0.2, -0.15) is 4.98 Å². The normalized spacial score (nSPS) is 11.6. The number of benzene rings is 2. The van der Waals surface area contributed by atoms with Crippen LogP contribution in [-0.2, 0) is 28.4 Å². The molecule has 0 aliphatic heterocycles. The van der Waals surface area contributed by atoms with Crippen LogP contribution in [0.4, 0.5) is 0 Å². The Kier molecular flexibility index (Phi) is 6.29. The second-order valence-electron chi connectivity index (χ2n) is 8.11. The number of ether oxygens (including phenoxy) is 1. The zero-order valence-electron chi connectivity index (χ0n) is 19.1. The van der Waals surface area contributed by atoms with Gasteiger partial charge in [-0.3, -0.25) is 4.98 Å². The molecule has 0 unspecified atom stereocenters. The molecule has 35 heavy (non-hydrogen) atoms. The van der Waals surface area contributed by atoms with Crippen molar-refractivity contribution >= 4 is 21.1 Å². The van der Waals surface area contributed by atoms with Crippen LogP contribution in [0.15, 0.2) is 94.5 Å². The molecule has 0 bridgehead atoms. The van der Waals surface area contributed by atoms with Gasteiger partial charge in [-0.15, -0.1) is 0 Å². The molecular weight excluding hydrogens is 462 g/mol. The average Bonchev–Trinajstić information content (AvgIpc) is 3.30. The summed E-state index contributed by atoms with van der Waals surface area (Å²) in [6, 6.07) is 21.6. The summed E-state index contributed by atoms with van der Waals surface area (Å²) in [7, 11) is -1.81. The molecule has 2 aromatic carbocycles. The molecule has 3 aromatic heterocycles. The molecule has 0 fully saturated rings. The monoisotopic (exact) mass is 485 g/mol. The minimum atomic E-state index is -3.43. The Morgan fingerprint density at radius 2 is 1.69 bits per heavy atom. The van der Waals surface area contributed by atoms with E-state index in [0.29, 0.717) is 30.0 Å². The van der Waals surface area contributed by atoms with Gasteiger partial charge in [0.05, 0.1) is 17.8 Å². The van der Waals surface area contributed by atoms with E-state index in [1.165, 1.54) is 0 Å². The molecule has 5 rings (SSSR count). The summed E-state index contributed by atoms with van der Waals surface area (Å²) in [5.41, 5.74) is 4.43. The van der Waals surface area contributed by atoms with Crippen LogP contribution in [0.2, 0.25) is 0 Å². The molecule has 0 saturated heterocycles. The van der Waals surface area contributed by atoms with E-state index in [1.807, 2.05) is 42.5 Å². The first-order valence-electron chi connectivity index (χ1n) is 11.1. The highest BCUT2D eigenvalue weighted by molar-refractivity contribution is 7.90. The maximum absolute atomic E-state index is 12.8. The van der Waals surface area contributed by atoms with Crippen molar-refractivity contribution in [1.82, 2.24) is 15.0 Å². The Morgan fingerprint density at radius 3 is 2.46 bits per heavy atom. The maximum Gasteiger partial charge on any atom is 0.198 e. The van der Waals surface area contributed by atoms with E-state index in [1.54, 1.807) is 49.8 Å². The van der Waals surface area contributed by atoms with E-state index < -0.39 is 9.84 Å². The van der Waals surface area contributed by atoms with Crippen molar-refractivity contribution in [3.8, 4) is 16.9 Å².